The van der Waals surface area contributed by atoms with Crippen LogP contribution in [0.5, 0.6) is 0 Å². The van der Waals surface area contributed by atoms with Gasteiger partial charge in [-0.2, -0.15) is 0 Å². The number of aromatic nitrogens is 4. The van der Waals surface area contributed by atoms with E-state index in [0.29, 0.717) is 6.54 Å². The molecule has 4 aromatic heterocycles. The van der Waals surface area contributed by atoms with Gasteiger partial charge in [-0.15, -0.1) is 0 Å². The van der Waals surface area contributed by atoms with Crippen molar-refractivity contribution in [3.05, 3.63) is 108 Å². The third-order valence-electron chi connectivity index (χ3n) is 4.34. The number of pyridine rings is 4. The zero-order chi connectivity index (χ0) is 31.8. The standard InChI is InChI=1S/C23H21N5.CH4.2F6P.H2O.Ru/c1-4-13-24-19(8-1)16-28(17-20-9-2-5-14-25-20)18-21-10-7-12-23(27-21)22-11-3-6-15-26-22;;2*1-7(2,3,4,5)6;;/h1-15H,16-18H2;1H4;;;1H2;/q;;2*-1;;+1. The molecule has 4 heterocycles. The third kappa shape index (κ3) is 28.4. The van der Waals surface area contributed by atoms with Crippen molar-refractivity contribution in [2.24, 2.45) is 0 Å². The number of nitrogens with zero attached hydrogens (tertiary/aromatic N) is 5. The summed E-state index contributed by atoms with van der Waals surface area (Å²) in [6, 6.07) is 23.9. The molecule has 2 N–H and O–H groups in total. The van der Waals surface area contributed by atoms with Gasteiger partial charge in [0.1, 0.15) is 0 Å². The van der Waals surface area contributed by atoms with Crippen molar-refractivity contribution in [3.63, 3.8) is 0 Å². The topological polar surface area (TPSA) is 86.3 Å². The van der Waals surface area contributed by atoms with Crippen molar-refractivity contribution >= 4 is 15.6 Å². The van der Waals surface area contributed by atoms with E-state index >= 15 is 0 Å². The monoisotopic (exact) mass is 793 g/mol. The quantitative estimate of drug-likeness (QED) is 0.106. The molecule has 0 saturated carbocycles. The minimum atomic E-state index is -10.7. The van der Waals surface area contributed by atoms with Crippen LogP contribution in [0.1, 0.15) is 24.5 Å². The third-order valence-corrected chi connectivity index (χ3v) is 4.34. The maximum atomic E-state index is 9.87. The Morgan fingerprint density at radius 3 is 1.16 bits per heavy atom. The maximum absolute atomic E-state index is 10.7. The molecule has 0 aliphatic carbocycles. The summed E-state index contributed by atoms with van der Waals surface area (Å²) in [5.74, 6) is 0. The minimum Gasteiger partial charge on any atom is -0.412 e. The van der Waals surface area contributed by atoms with E-state index in [1.807, 2.05) is 79.1 Å². The SMILES string of the molecule is C.F[P-](F)(F)(F)(F)F.F[P-](F)(F)(F)(F)F.O.[Ru+].c1ccc(CN(Cc2ccccn2)Cc2cccc(-c3ccccn3)n2)nc1. The summed E-state index contributed by atoms with van der Waals surface area (Å²) in [5.41, 5.74) is 4.81. The zero-order valence-corrected chi connectivity index (χ0v) is 25.3. The molecule has 6 nitrogen and oxygen atoms in total. The number of halogens is 12. The van der Waals surface area contributed by atoms with Crippen LogP contribution in [0.3, 0.4) is 0 Å². The fraction of sp³-hybridized carbons (Fsp3) is 0.167. The molecular formula is C24H27F12N5OP2Ru-. The summed E-state index contributed by atoms with van der Waals surface area (Å²) in [4.78, 5) is 20.5. The molecule has 21 heteroatoms. The van der Waals surface area contributed by atoms with Crippen LogP contribution < -0.4 is 0 Å². The number of rotatable bonds is 7. The van der Waals surface area contributed by atoms with Gasteiger partial charge in [-0.05, 0) is 48.5 Å². The Kier molecular flexibility index (Phi) is 14.5. The first-order valence-electron chi connectivity index (χ1n) is 11.3. The summed E-state index contributed by atoms with van der Waals surface area (Å²) in [6.07, 6.45) is 5.45. The van der Waals surface area contributed by atoms with Crippen LogP contribution in [0.4, 0.5) is 50.4 Å². The summed E-state index contributed by atoms with van der Waals surface area (Å²) in [6.45, 7) is 2.16. The Morgan fingerprint density at radius 1 is 0.467 bits per heavy atom. The van der Waals surface area contributed by atoms with Crippen molar-refractivity contribution in [2.75, 3.05) is 0 Å². The summed E-state index contributed by atoms with van der Waals surface area (Å²) in [5, 5.41) is 0. The van der Waals surface area contributed by atoms with Gasteiger partial charge in [0.15, 0.2) is 0 Å². The van der Waals surface area contributed by atoms with Gasteiger partial charge >= 0.3 is 85.5 Å². The van der Waals surface area contributed by atoms with E-state index in [1.165, 1.54) is 0 Å². The van der Waals surface area contributed by atoms with Gasteiger partial charge in [0.05, 0.1) is 28.5 Å². The molecule has 0 fully saturated rings. The van der Waals surface area contributed by atoms with Gasteiger partial charge < -0.3 is 5.48 Å². The molecule has 0 bridgehead atoms. The normalized spacial score (nSPS) is 14.0. The van der Waals surface area contributed by atoms with Crippen LogP contribution in [-0.2, 0) is 39.1 Å². The van der Waals surface area contributed by atoms with E-state index in [0.717, 1.165) is 41.6 Å². The molecule has 0 amide bonds. The van der Waals surface area contributed by atoms with E-state index in [9.17, 15) is 50.4 Å². The first-order chi connectivity index (χ1) is 18.8. The van der Waals surface area contributed by atoms with Crippen molar-refractivity contribution in [3.8, 4) is 11.4 Å². The molecule has 4 aromatic rings. The van der Waals surface area contributed by atoms with Crippen LogP contribution in [0, 0.1) is 0 Å². The Balaban J connectivity index is 0. The molecule has 0 unspecified atom stereocenters. The molecular weight excluding hydrogens is 765 g/mol. The number of hydrogen-bond donors (Lipinski definition) is 0. The van der Waals surface area contributed by atoms with Crippen LogP contribution in [0.2, 0.25) is 0 Å². The molecule has 45 heavy (non-hydrogen) atoms. The first-order valence-corrected chi connectivity index (χ1v) is 15.3. The van der Waals surface area contributed by atoms with Crippen LogP contribution in [-0.4, -0.2) is 30.3 Å². The smallest absolute Gasteiger partial charge is 0.412 e. The predicted molar refractivity (Wildman–Crippen MR) is 146 cm³/mol. The predicted octanol–water partition coefficient (Wildman–Crippen LogP) is 10.7. The van der Waals surface area contributed by atoms with Gasteiger partial charge in [-0.1, -0.05) is 31.7 Å². The Labute approximate surface area is 262 Å². The molecule has 257 valence electrons. The Bertz CT molecular complexity index is 1350. The van der Waals surface area contributed by atoms with E-state index in [4.69, 9.17) is 4.98 Å². The van der Waals surface area contributed by atoms with Crippen LogP contribution in [0.15, 0.2) is 91.4 Å². The second kappa shape index (κ2) is 14.7. The first kappa shape index (κ1) is 44.3. The molecule has 0 spiro atoms. The largest absolute Gasteiger partial charge is 1.00 e. The van der Waals surface area contributed by atoms with E-state index in [2.05, 4.69) is 25.9 Å². The molecule has 4 rings (SSSR count). The average Bonchev–Trinajstić information content (AvgIpc) is 2.82. The summed E-state index contributed by atoms with van der Waals surface area (Å²) in [7, 11) is -21.3. The fourth-order valence-electron chi connectivity index (χ4n) is 3.06. The number of hydrogen-bond acceptors (Lipinski definition) is 5. The van der Waals surface area contributed by atoms with Gasteiger partial charge in [0, 0.05) is 38.2 Å². The average molecular weight is 793 g/mol. The van der Waals surface area contributed by atoms with Gasteiger partial charge in [-0.3, -0.25) is 19.9 Å². The molecule has 0 saturated heterocycles. The van der Waals surface area contributed by atoms with Crippen LogP contribution in [0.25, 0.3) is 11.4 Å². The second-order valence-corrected chi connectivity index (χ2v) is 12.3. The molecule has 0 atom stereocenters. The zero-order valence-electron chi connectivity index (χ0n) is 21.8. The van der Waals surface area contributed by atoms with Gasteiger partial charge in [0.2, 0.25) is 0 Å². The van der Waals surface area contributed by atoms with Crippen molar-refractivity contribution < 1.29 is 75.3 Å². The molecule has 0 aromatic carbocycles. The van der Waals surface area contributed by atoms with Gasteiger partial charge in [0.25, 0.3) is 0 Å². The van der Waals surface area contributed by atoms with Crippen molar-refractivity contribution in [1.82, 2.24) is 24.8 Å². The summed E-state index contributed by atoms with van der Waals surface area (Å²) < 4.78 is 118. The molecule has 1 radical (unpaired) electrons. The Hall–Kier alpha value is -2.84. The fourth-order valence-corrected chi connectivity index (χ4v) is 3.06. The van der Waals surface area contributed by atoms with Crippen molar-refractivity contribution in [1.29, 1.82) is 0 Å². The maximum Gasteiger partial charge on any atom is 1.00 e. The minimum absolute atomic E-state index is 0. The van der Waals surface area contributed by atoms with Crippen LogP contribution >= 0.6 is 15.6 Å². The van der Waals surface area contributed by atoms with Gasteiger partial charge in [-0.25, -0.2) is 4.98 Å². The summed E-state index contributed by atoms with van der Waals surface area (Å²) >= 11 is 0. The van der Waals surface area contributed by atoms with E-state index in [1.54, 1.807) is 6.20 Å². The second-order valence-electron chi connectivity index (χ2n) is 8.43. The Morgan fingerprint density at radius 2 is 0.800 bits per heavy atom. The van der Waals surface area contributed by atoms with E-state index < -0.39 is 15.6 Å². The van der Waals surface area contributed by atoms with E-state index in [-0.39, 0.29) is 32.4 Å². The molecule has 0 aliphatic rings. The van der Waals surface area contributed by atoms with Crippen molar-refractivity contribution in [2.45, 2.75) is 27.1 Å². The molecule has 0 aliphatic heterocycles.